The van der Waals surface area contributed by atoms with Crippen molar-refractivity contribution in [3.63, 3.8) is 0 Å². The van der Waals surface area contributed by atoms with Crippen LogP contribution in [-0.2, 0) is 16.0 Å². The molecule has 3 aromatic rings. The fourth-order valence-electron chi connectivity index (χ4n) is 2.45. The zero-order chi connectivity index (χ0) is 16.9. The van der Waals surface area contributed by atoms with Crippen LogP contribution in [0.2, 0.25) is 0 Å². The van der Waals surface area contributed by atoms with Crippen LogP contribution in [0.25, 0.3) is 11.0 Å². The molecule has 0 atom stereocenters. The number of fused-ring (bicyclic) bond motifs is 1. The highest BCUT2D eigenvalue weighted by atomic mass is 16.5. The van der Waals surface area contributed by atoms with Gasteiger partial charge in [-0.15, -0.1) is 0 Å². The Kier molecular flexibility index (Phi) is 4.56. The Morgan fingerprint density at radius 1 is 1.21 bits per heavy atom. The third-order valence-corrected chi connectivity index (χ3v) is 3.55. The predicted octanol–water partition coefficient (Wildman–Crippen LogP) is 2.92. The molecule has 0 saturated heterocycles. The van der Waals surface area contributed by atoms with E-state index in [2.05, 4.69) is 15.3 Å². The molecule has 0 spiro atoms. The van der Waals surface area contributed by atoms with Gasteiger partial charge in [0.25, 0.3) is 0 Å². The molecule has 0 bridgehead atoms. The summed E-state index contributed by atoms with van der Waals surface area (Å²) in [7, 11) is 0. The first-order valence-corrected chi connectivity index (χ1v) is 7.65. The van der Waals surface area contributed by atoms with E-state index in [0.29, 0.717) is 11.3 Å². The number of nitrogens with zero attached hydrogens (tertiary/aromatic N) is 1. The van der Waals surface area contributed by atoms with E-state index < -0.39 is 5.97 Å². The highest BCUT2D eigenvalue weighted by Gasteiger charge is 2.14. The fourth-order valence-corrected chi connectivity index (χ4v) is 2.45. The van der Waals surface area contributed by atoms with E-state index in [1.165, 1.54) is 0 Å². The van der Waals surface area contributed by atoms with Crippen LogP contribution < -0.4 is 5.32 Å². The summed E-state index contributed by atoms with van der Waals surface area (Å²) in [4.78, 5) is 31.4. The number of carbonyl (C=O) groups is 2. The van der Waals surface area contributed by atoms with Crippen molar-refractivity contribution in [2.75, 3.05) is 11.9 Å². The van der Waals surface area contributed by atoms with E-state index in [1.54, 1.807) is 37.5 Å². The Bertz CT molecular complexity index is 886. The van der Waals surface area contributed by atoms with Gasteiger partial charge in [-0.2, -0.15) is 0 Å². The van der Waals surface area contributed by atoms with Crippen molar-refractivity contribution in [1.29, 1.82) is 0 Å². The summed E-state index contributed by atoms with van der Waals surface area (Å²) in [5.41, 5.74) is 3.39. The smallest absolute Gasteiger partial charge is 0.340 e. The van der Waals surface area contributed by atoms with Gasteiger partial charge in [-0.3, -0.25) is 4.79 Å². The van der Waals surface area contributed by atoms with Crippen molar-refractivity contribution in [2.24, 2.45) is 0 Å². The molecule has 0 aliphatic rings. The average Bonchev–Trinajstić information content (AvgIpc) is 3.03. The minimum absolute atomic E-state index is 0.201. The number of esters is 1. The first-order valence-electron chi connectivity index (χ1n) is 7.65. The Balaban J connectivity index is 1.74. The number of hydrogen-bond donors (Lipinski definition) is 2. The molecule has 0 aliphatic heterocycles. The minimum atomic E-state index is -0.452. The second-order valence-electron chi connectivity index (χ2n) is 5.25. The lowest BCUT2D eigenvalue weighted by atomic mass is 10.1. The lowest BCUT2D eigenvalue weighted by molar-refractivity contribution is -0.115. The molecule has 24 heavy (non-hydrogen) atoms. The van der Waals surface area contributed by atoms with Crippen molar-refractivity contribution < 1.29 is 14.3 Å². The van der Waals surface area contributed by atoms with E-state index in [4.69, 9.17) is 4.74 Å². The lowest BCUT2D eigenvalue weighted by Gasteiger charge is -2.10. The third kappa shape index (κ3) is 3.43. The topological polar surface area (TPSA) is 84.1 Å². The van der Waals surface area contributed by atoms with Crippen LogP contribution in [-0.4, -0.2) is 28.5 Å². The summed E-state index contributed by atoms with van der Waals surface area (Å²) >= 11 is 0. The molecule has 1 amide bonds. The molecule has 1 aromatic heterocycles. The summed E-state index contributed by atoms with van der Waals surface area (Å²) in [6, 6.07) is 12.4. The summed E-state index contributed by atoms with van der Waals surface area (Å²) in [6.45, 7) is 2.02. The quantitative estimate of drug-likeness (QED) is 0.707. The van der Waals surface area contributed by atoms with E-state index >= 15 is 0 Å². The number of rotatable bonds is 5. The number of aromatic amines is 1. The number of benzene rings is 2. The minimum Gasteiger partial charge on any atom is -0.462 e. The maximum atomic E-state index is 12.3. The highest BCUT2D eigenvalue weighted by molar-refractivity contribution is 6.01. The zero-order valence-corrected chi connectivity index (χ0v) is 13.2. The molecule has 0 aliphatic carbocycles. The van der Waals surface area contributed by atoms with E-state index in [1.807, 2.05) is 18.2 Å². The summed E-state index contributed by atoms with van der Waals surface area (Å²) in [5, 5.41) is 2.77. The summed E-state index contributed by atoms with van der Waals surface area (Å²) in [5.74, 6) is -0.655. The Hall–Kier alpha value is -3.15. The van der Waals surface area contributed by atoms with Gasteiger partial charge in [-0.25, -0.2) is 9.78 Å². The Morgan fingerprint density at radius 3 is 2.88 bits per heavy atom. The van der Waals surface area contributed by atoms with Gasteiger partial charge in [0.1, 0.15) is 0 Å². The fraction of sp³-hybridized carbons (Fsp3) is 0.167. The van der Waals surface area contributed by atoms with Crippen molar-refractivity contribution in [3.05, 3.63) is 59.9 Å². The van der Waals surface area contributed by atoms with Crippen LogP contribution in [0.15, 0.2) is 48.8 Å². The first kappa shape index (κ1) is 15.7. The van der Waals surface area contributed by atoms with Gasteiger partial charge in [-0.1, -0.05) is 18.2 Å². The number of H-pyrrole nitrogens is 1. The van der Waals surface area contributed by atoms with Gasteiger partial charge in [0.2, 0.25) is 5.91 Å². The first-order chi connectivity index (χ1) is 11.7. The van der Waals surface area contributed by atoms with Gasteiger partial charge in [0.15, 0.2) is 0 Å². The van der Waals surface area contributed by atoms with Gasteiger partial charge in [-0.05, 0) is 36.8 Å². The van der Waals surface area contributed by atoms with Crippen molar-refractivity contribution in [3.8, 4) is 0 Å². The monoisotopic (exact) mass is 323 g/mol. The molecule has 0 fully saturated rings. The third-order valence-electron chi connectivity index (χ3n) is 3.55. The molecular weight excluding hydrogens is 306 g/mol. The molecule has 6 nitrogen and oxygen atoms in total. The molecule has 3 rings (SSSR count). The number of hydrogen-bond acceptors (Lipinski definition) is 4. The standard InChI is InChI=1S/C18H17N3O3/c1-2-24-18(23)13-5-3-4-6-14(13)21-17(22)10-12-7-8-15-16(9-12)20-11-19-15/h3-9,11H,2,10H2,1H3,(H,19,20)(H,21,22). The number of nitrogens with one attached hydrogen (secondary N) is 2. The van der Waals surface area contributed by atoms with Crippen molar-refractivity contribution >= 4 is 28.6 Å². The molecule has 0 radical (unpaired) electrons. The maximum Gasteiger partial charge on any atom is 0.340 e. The molecule has 0 saturated carbocycles. The number of carbonyl (C=O) groups excluding carboxylic acids is 2. The van der Waals surface area contributed by atoms with E-state index in [-0.39, 0.29) is 18.9 Å². The second kappa shape index (κ2) is 6.95. The molecular formula is C18H17N3O3. The van der Waals surface area contributed by atoms with Gasteiger partial charge >= 0.3 is 5.97 Å². The summed E-state index contributed by atoms with van der Waals surface area (Å²) in [6.07, 6.45) is 1.82. The number of ether oxygens (including phenoxy) is 1. The molecule has 6 heteroatoms. The Labute approximate surface area is 138 Å². The van der Waals surface area contributed by atoms with Crippen LogP contribution in [0.5, 0.6) is 0 Å². The number of anilines is 1. The molecule has 122 valence electrons. The van der Waals surface area contributed by atoms with E-state index in [0.717, 1.165) is 16.6 Å². The lowest BCUT2D eigenvalue weighted by Crippen LogP contribution is -2.17. The van der Waals surface area contributed by atoms with Crippen molar-refractivity contribution in [1.82, 2.24) is 9.97 Å². The number of aromatic nitrogens is 2. The van der Waals surface area contributed by atoms with Crippen LogP contribution in [0.1, 0.15) is 22.8 Å². The van der Waals surface area contributed by atoms with Crippen molar-refractivity contribution in [2.45, 2.75) is 13.3 Å². The predicted molar refractivity (Wildman–Crippen MR) is 90.8 cm³/mol. The largest absolute Gasteiger partial charge is 0.462 e. The second-order valence-corrected chi connectivity index (χ2v) is 5.25. The number of amides is 1. The zero-order valence-electron chi connectivity index (χ0n) is 13.2. The summed E-state index contributed by atoms with van der Waals surface area (Å²) < 4.78 is 5.01. The highest BCUT2D eigenvalue weighted by Crippen LogP contribution is 2.17. The number of para-hydroxylation sites is 1. The van der Waals surface area contributed by atoms with Crippen LogP contribution in [0.4, 0.5) is 5.69 Å². The molecule has 1 heterocycles. The van der Waals surface area contributed by atoms with E-state index in [9.17, 15) is 9.59 Å². The average molecular weight is 323 g/mol. The van der Waals surface area contributed by atoms with Gasteiger partial charge in [0, 0.05) is 0 Å². The molecule has 2 aromatic carbocycles. The Morgan fingerprint density at radius 2 is 2.04 bits per heavy atom. The molecule has 2 N–H and O–H groups in total. The van der Waals surface area contributed by atoms with Crippen LogP contribution >= 0.6 is 0 Å². The van der Waals surface area contributed by atoms with Gasteiger partial charge < -0.3 is 15.0 Å². The maximum absolute atomic E-state index is 12.3. The van der Waals surface area contributed by atoms with Gasteiger partial charge in [0.05, 0.1) is 41.6 Å². The van der Waals surface area contributed by atoms with Crippen LogP contribution in [0.3, 0.4) is 0 Å². The SMILES string of the molecule is CCOC(=O)c1ccccc1NC(=O)Cc1ccc2nc[nH]c2c1. The van der Waals surface area contributed by atoms with Crippen LogP contribution in [0, 0.1) is 0 Å². The molecule has 0 unspecified atom stereocenters. The normalized spacial score (nSPS) is 10.5. The number of imidazole rings is 1.